The van der Waals surface area contributed by atoms with Gasteiger partial charge in [0.15, 0.2) is 0 Å². The number of hydrogen-bond donors (Lipinski definition) is 1. The molecular formula is C16H22N2O. The van der Waals surface area contributed by atoms with Crippen molar-refractivity contribution in [1.82, 2.24) is 0 Å². The van der Waals surface area contributed by atoms with Crippen LogP contribution in [0.25, 0.3) is 0 Å². The van der Waals surface area contributed by atoms with Gasteiger partial charge in [0.1, 0.15) is 6.07 Å². The van der Waals surface area contributed by atoms with Gasteiger partial charge in [-0.05, 0) is 31.9 Å². The Balaban J connectivity index is 2.11. The Hall–Kier alpha value is -1.53. The van der Waals surface area contributed by atoms with Gasteiger partial charge in [-0.25, -0.2) is 0 Å². The van der Waals surface area contributed by atoms with E-state index in [0.717, 1.165) is 25.1 Å². The van der Waals surface area contributed by atoms with Crippen molar-refractivity contribution in [3.8, 4) is 6.07 Å². The Bertz CT molecular complexity index is 480. The molecule has 1 aromatic carbocycles. The predicted molar refractivity (Wildman–Crippen MR) is 77.0 cm³/mol. The van der Waals surface area contributed by atoms with Crippen LogP contribution < -0.4 is 5.32 Å². The van der Waals surface area contributed by atoms with Crippen molar-refractivity contribution in [2.75, 3.05) is 11.9 Å². The summed E-state index contributed by atoms with van der Waals surface area (Å²) >= 11 is 0. The molecule has 1 saturated carbocycles. The average molecular weight is 258 g/mol. The van der Waals surface area contributed by atoms with E-state index in [4.69, 9.17) is 10.00 Å². The lowest BCUT2D eigenvalue weighted by atomic mass is 9.61. The second-order valence-corrected chi connectivity index (χ2v) is 5.39. The Kier molecular flexibility index (Phi) is 4.11. The summed E-state index contributed by atoms with van der Waals surface area (Å²) in [4.78, 5) is 0. The number of benzene rings is 1. The fourth-order valence-electron chi connectivity index (χ4n) is 2.87. The van der Waals surface area contributed by atoms with E-state index in [0.29, 0.717) is 17.7 Å². The molecule has 1 fully saturated rings. The largest absolute Gasteiger partial charge is 0.380 e. The zero-order chi connectivity index (χ0) is 13.9. The second kappa shape index (κ2) is 5.63. The van der Waals surface area contributed by atoms with E-state index in [-0.39, 0.29) is 5.41 Å². The minimum absolute atomic E-state index is 0.151. The highest BCUT2D eigenvalue weighted by Crippen LogP contribution is 2.47. The molecule has 19 heavy (non-hydrogen) atoms. The van der Waals surface area contributed by atoms with Crippen LogP contribution in [0.4, 0.5) is 5.69 Å². The maximum Gasteiger partial charge on any atom is 0.101 e. The Morgan fingerprint density at radius 1 is 1.42 bits per heavy atom. The van der Waals surface area contributed by atoms with Crippen LogP contribution in [0.15, 0.2) is 24.3 Å². The van der Waals surface area contributed by atoms with Gasteiger partial charge in [-0.2, -0.15) is 5.26 Å². The zero-order valence-corrected chi connectivity index (χ0v) is 11.9. The summed E-state index contributed by atoms with van der Waals surface area (Å²) in [6.45, 7) is 7.28. The van der Waals surface area contributed by atoms with Crippen molar-refractivity contribution in [3.05, 3.63) is 29.8 Å². The lowest BCUT2D eigenvalue weighted by Crippen LogP contribution is -2.59. The number of hydrogen-bond acceptors (Lipinski definition) is 3. The van der Waals surface area contributed by atoms with Gasteiger partial charge < -0.3 is 10.1 Å². The number of nitrogens with zero attached hydrogens (tertiary/aromatic N) is 1. The lowest BCUT2D eigenvalue weighted by molar-refractivity contribution is -0.109. The van der Waals surface area contributed by atoms with E-state index in [9.17, 15) is 0 Å². The molecule has 3 heteroatoms. The van der Waals surface area contributed by atoms with Crippen molar-refractivity contribution in [2.24, 2.45) is 5.41 Å². The van der Waals surface area contributed by atoms with Crippen LogP contribution in [0, 0.1) is 16.7 Å². The van der Waals surface area contributed by atoms with Crippen LogP contribution >= 0.6 is 0 Å². The summed E-state index contributed by atoms with van der Waals surface area (Å²) in [6, 6.07) is 10.3. The van der Waals surface area contributed by atoms with Crippen molar-refractivity contribution >= 4 is 5.69 Å². The molecule has 3 unspecified atom stereocenters. The molecule has 0 bridgehead atoms. The first-order valence-electron chi connectivity index (χ1n) is 7.03. The molecule has 0 amide bonds. The van der Waals surface area contributed by atoms with Crippen molar-refractivity contribution in [2.45, 2.75) is 45.8 Å². The van der Waals surface area contributed by atoms with Crippen LogP contribution in [0.5, 0.6) is 0 Å². The number of nitrogens with one attached hydrogen (secondary N) is 1. The quantitative estimate of drug-likeness (QED) is 0.878. The summed E-state index contributed by atoms with van der Waals surface area (Å²) in [5.41, 5.74) is 1.80. The minimum atomic E-state index is 0.151. The minimum Gasteiger partial charge on any atom is -0.380 e. The standard InChI is InChI=1S/C16H22N2O/c1-4-16(3)14(10-15(16)19-5-2)18-13-9-7-6-8-12(13)11-17/h6-9,14-15,18H,4-5,10H2,1-3H3. The SMILES string of the molecule is CCOC1CC(Nc2ccccc2C#N)C1(C)CC. The fourth-order valence-corrected chi connectivity index (χ4v) is 2.87. The number of anilines is 1. The second-order valence-electron chi connectivity index (χ2n) is 5.39. The molecule has 3 nitrogen and oxygen atoms in total. The van der Waals surface area contributed by atoms with E-state index in [2.05, 4.69) is 25.2 Å². The molecule has 0 spiro atoms. The van der Waals surface area contributed by atoms with Crippen LogP contribution in [0.2, 0.25) is 0 Å². The van der Waals surface area contributed by atoms with Gasteiger partial charge in [-0.1, -0.05) is 26.0 Å². The molecule has 1 aliphatic rings. The van der Waals surface area contributed by atoms with E-state index in [1.165, 1.54) is 0 Å². The Morgan fingerprint density at radius 3 is 2.79 bits per heavy atom. The van der Waals surface area contributed by atoms with Crippen LogP contribution in [-0.4, -0.2) is 18.8 Å². The van der Waals surface area contributed by atoms with Gasteiger partial charge in [-0.3, -0.25) is 0 Å². The first kappa shape index (κ1) is 13.9. The Morgan fingerprint density at radius 2 is 2.16 bits per heavy atom. The van der Waals surface area contributed by atoms with Gasteiger partial charge in [-0.15, -0.1) is 0 Å². The molecule has 0 heterocycles. The molecule has 3 atom stereocenters. The molecule has 1 aromatic rings. The van der Waals surface area contributed by atoms with Crippen LogP contribution in [-0.2, 0) is 4.74 Å². The molecule has 0 aromatic heterocycles. The van der Waals surface area contributed by atoms with Gasteiger partial charge >= 0.3 is 0 Å². The third kappa shape index (κ3) is 2.46. The maximum absolute atomic E-state index is 9.13. The third-order valence-corrected chi connectivity index (χ3v) is 4.49. The highest BCUT2D eigenvalue weighted by molar-refractivity contribution is 5.58. The lowest BCUT2D eigenvalue weighted by Gasteiger charge is -2.54. The molecule has 0 saturated heterocycles. The molecule has 1 aliphatic carbocycles. The molecular weight excluding hydrogens is 236 g/mol. The number of para-hydroxylation sites is 1. The van der Waals surface area contributed by atoms with Gasteiger partial charge in [0.25, 0.3) is 0 Å². The van der Waals surface area contributed by atoms with Crippen LogP contribution in [0.1, 0.15) is 39.2 Å². The van der Waals surface area contributed by atoms with Gasteiger partial charge in [0.2, 0.25) is 0 Å². The summed E-state index contributed by atoms with van der Waals surface area (Å²) in [7, 11) is 0. The molecule has 1 N–H and O–H groups in total. The highest BCUT2D eigenvalue weighted by atomic mass is 16.5. The first-order valence-corrected chi connectivity index (χ1v) is 7.03. The predicted octanol–water partition coefficient (Wildman–Crippen LogP) is 3.56. The molecule has 0 aliphatic heterocycles. The topological polar surface area (TPSA) is 45.0 Å². The van der Waals surface area contributed by atoms with Crippen molar-refractivity contribution < 1.29 is 4.74 Å². The number of rotatable bonds is 5. The molecule has 2 rings (SSSR count). The Labute approximate surface area is 115 Å². The van der Waals surface area contributed by atoms with Gasteiger partial charge in [0.05, 0.1) is 17.4 Å². The van der Waals surface area contributed by atoms with E-state index >= 15 is 0 Å². The van der Waals surface area contributed by atoms with Crippen molar-refractivity contribution in [1.29, 1.82) is 5.26 Å². The monoisotopic (exact) mass is 258 g/mol. The zero-order valence-electron chi connectivity index (χ0n) is 11.9. The third-order valence-electron chi connectivity index (χ3n) is 4.49. The summed E-state index contributed by atoms with van der Waals surface area (Å²) < 4.78 is 5.80. The number of nitriles is 1. The van der Waals surface area contributed by atoms with E-state index in [1.54, 1.807) is 0 Å². The van der Waals surface area contributed by atoms with Crippen LogP contribution in [0.3, 0.4) is 0 Å². The van der Waals surface area contributed by atoms with Gasteiger partial charge in [0, 0.05) is 18.1 Å². The average Bonchev–Trinajstić information content (AvgIpc) is 2.45. The summed E-state index contributed by atoms with van der Waals surface area (Å²) in [5.74, 6) is 0. The summed E-state index contributed by atoms with van der Waals surface area (Å²) in [5, 5.41) is 12.7. The summed E-state index contributed by atoms with van der Waals surface area (Å²) in [6.07, 6.45) is 2.41. The smallest absolute Gasteiger partial charge is 0.101 e. The van der Waals surface area contributed by atoms with E-state index in [1.807, 2.05) is 31.2 Å². The molecule has 0 radical (unpaired) electrons. The van der Waals surface area contributed by atoms with E-state index < -0.39 is 0 Å². The fraction of sp³-hybridized carbons (Fsp3) is 0.562. The molecule has 102 valence electrons. The first-order chi connectivity index (χ1) is 9.15. The number of ether oxygens (including phenoxy) is 1. The van der Waals surface area contributed by atoms with Crippen molar-refractivity contribution in [3.63, 3.8) is 0 Å². The maximum atomic E-state index is 9.13. The normalized spacial score (nSPS) is 29.4. The highest BCUT2D eigenvalue weighted by Gasteiger charge is 2.51.